The molecule has 0 spiro atoms. The van der Waals surface area contributed by atoms with Gasteiger partial charge in [-0.05, 0) is 31.5 Å². The molecule has 121 valence electrons. The lowest BCUT2D eigenvalue weighted by molar-refractivity contribution is 0.126. The van der Waals surface area contributed by atoms with Gasteiger partial charge in [0.2, 0.25) is 0 Å². The highest BCUT2D eigenvalue weighted by molar-refractivity contribution is 6.39. The van der Waals surface area contributed by atoms with Crippen LogP contribution < -0.4 is 0 Å². The molecule has 0 aliphatic carbocycles. The third-order valence-corrected chi connectivity index (χ3v) is 4.85. The molecule has 1 fully saturated rings. The fourth-order valence-electron chi connectivity index (χ4n) is 2.65. The smallest absolute Gasteiger partial charge is 0.198 e. The summed E-state index contributed by atoms with van der Waals surface area (Å²) < 4.78 is 0. The molecule has 1 radical (unpaired) electrons. The topological polar surface area (TPSA) is 23.6 Å². The van der Waals surface area contributed by atoms with Gasteiger partial charge in [-0.3, -0.25) is 9.69 Å². The van der Waals surface area contributed by atoms with E-state index >= 15 is 0 Å². The first-order valence-electron chi connectivity index (χ1n) is 7.53. The summed E-state index contributed by atoms with van der Waals surface area (Å²) in [4.78, 5) is 15.0. The number of unbranched alkanes of at least 4 members (excludes halogenated alkanes) is 2. The lowest BCUT2D eigenvalue weighted by Gasteiger charge is -2.35. The number of rotatable bonds is 7. The Morgan fingerprint density at radius 3 is 2.14 bits per heavy atom. The molecule has 3 nitrogen and oxygen atoms in total. The van der Waals surface area contributed by atoms with Crippen LogP contribution in [0.3, 0.4) is 0 Å². The van der Waals surface area contributed by atoms with Gasteiger partial charge in [-0.1, -0.05) is 34.8 Å². The predicted octanol–water partition coefficient (Wildman–Crippen LogP) is 4.04. The molecule has 0 N–H and O–H groups in total. The van der Waals surface area contributed by atoms with E-state index in [1.807, 2.05) is 6.29 Å². The molecule has 1 heterocycles. The fourth-order valence-corrected chi connectivity index (χ4v) is 3.59. The Hall–Kier alpha value is -0.320. The van der Waals surface area contributed by atoms with E-state index < -0.39 is 0 Å². The second-order valence-electron chi connectivity index (χ2n) is 5.57. The molecule has 1 aromatic carbocycles. The number of hydrogen-bond donors (Lipinski definition) is 0. The molecule has 1 aromatic rings. The standard InChI is InChI=1S/C16H20Cl3N2O/c17-13-10-15(18)14(16(19)11-13)12-21-7-5-20(6-8-21)4-2-1-3-9-22/h10-11H,1-8,12H2. The molecular formula is C16H20Cl3N2O. The average Bonchev–Trinajstić information content (AvgIpc) is 2.49. The van der Waals surface area contributed by atoms with Crippen LogP contribution in [0.2, 0.25) is 15.1 Å². The van der Waals surface area contributed by atoms with Gasteiger partial charge in [0.1, 0.15) is 0 Å². The summed E-state index contributed by atoms with van der Waals surface area (Å²) in [7, 11) is 0. The minimum Gasteiger partial charge on any atom is -0.301 e. The molecule has 2 rings (SSSR count). The highest BCUT2D eigenvalue weighted by atomic mass is 35.5. The van der Waals surface area contributed by atoms with Gasteiger partial charge in [-0.25, -0.2) is 0 Å². The van der Waals surface area contributed by atoms with E-state index in [0.717, 1.165) is 57.7 Å². The Bertz CT molecular complexity index is 479. The van der Waals surface area contributed by atoms with Crippen molar-refractivity contribution in [3.63, 3.8) is 0 Å². The van der Waals surface area contributed by atoms with E-state index in [1.165, 1.54) is 0 Å². The maximum Gasteiger partial charge on any atom is 0.198 e. The van der Waals surface area contributed by atoms with Gasteiger partial charge in [0, 0.05) is 59.8 Å². The molecular weight excluding hydrogens is 343 g/mol. The number of benzene rings is 1. The molecule has 1 aliphatic heterocycles. The van der Waals surface area contributed by atoms with E-state index in [4.69, 9.17) is 34.8 Å². The zero-order valence-electron chi connectivity index (χ0n) is 12.5. The third-order valence-electron chi connectivity index (χ3n) is 3.96. The minimum absolute atomic E-state index is 0.549. The number of piperazine rings is 1. The van der Waals surface area contributed by atoms with Gasteiger partial charge in [-0.15, -0.1) is 0 Å². The third kappa shape index (κ3) is 5.39. The maximum atomic E-state index is 10.2. The lowest BCUT2D eigenvalue weighted by atomic mass is 10.2. The van der Waals surface area contributed by atoms with Crippen LogP contribution in [0.15, 0.2) is 12.1 Å². The Morgan fingerprint density at radius 1 is 0.955 bits per heavy atom. The van der Waals surface area contributed by atoms with Gasteiger partial charge in [0.25, 0.3) is 0 Å². The Labute approximate surface area is 147 Å². The van der Waals surface area contributed by atoms with Crippen molar-refractivity contribution in [3.05, 3.63) is 32.8 Å². The summed E-state index contributed by atoms with van der Waals surface area (Å²) in [6, 6.07) is 3.48. The zero-order chi connectivity index (χ0) is 15.9. The molecule has 22 heavy (non-hydrogen) atoms. The van der Waals surface area contributed by atoms with Crippen LogP contribution in [0.25, 0.3) is 0 Å². The van der Waals surface area contributed by atoms with Crippen LogP contribution >= 0.6 is 34.8 Å². The summed E-state index contributed by atoms with van der Waals surface area (Å²) >= 11 is 18.4. The van der Waals surface area contributed by atoms with Crippen LogP contribution in [-0.2, 0) is 11.3 Å². The van der Waals surface area contributed by atoms with Crippen LogP contribution in [-0.4, -0.2) is 48.8 Å². The summed E-state index contributed by atoms with van der Waals surface area (Å²) in [5.74, 6) is 0. The van der Waals surface area contributed by atoms with Crippen molar-refractivity contribution in [1.29, 1.82) is 0 Å². The van der Waals surface area contributed by atoms with Gasteiger partial charge < -0.3 is 4.90 Å². The van der Waals surface area contributed by atoms with Crippen LogP contribution in [0.5, 0.6) is 0 Å². The summed E-state index contributed by atoms with van der Waals surface area (Å²) in [5.41, 5.74) is 0.947. The summed E-state index contributed by atoms with van der Waals surface area (Å²) in [6.45, 7) is 5.87. The van der Waals surface area contributed by atoms with Gasteiger partial charge >= 0.3 is 0 Å². The van der Waals surface area contributed by atoms with Crippen LogP contribution in [0.4, 0.5) is 0 Å². The van der Waals surface area contributed by atoms with Crippen LogP contribution in [0.1, 0.15) is 24.8 Å². The monoisotopic (exact) mass is 361 g/mol. The molecule has 1 saturated heterocycles. The fraction of sp³-hybridized carbons (Fsp3) is 0.562. The van der Waals surface area contributed by atoms with E-state index in [0.29, 0.717) is 21.5 Å². The molecule has 0 aromatic heterocycles. The van der Waals surface area contributed by atoms with Crippen molar-refractivity contribution < 1.29 is 4.79 Å². The highest BCUT2D eigenvalue weighted by Gasteiger charge is 2.18. The first-order chi connectivity index (χ1) is 10.6. The zero-order valence-corrected chi connectivity index (χ0v) is 14.7. The molecule has 0 bridgehead atoms. The van der Waals surface area contributed by atoms with Crippen molar-refractivity contribution in [3.8, 4) is 0 Å². The first-order valence-corrected chi connectivity index (χ1v) is 8.66. The molecule has 1 aliphatic rings. The predicted molar refractivity (Wildman–Crippen MR) is 92.7 cm³/mol. The normalized spacial score (nSPS) is 16.9. The van der Waals surface area contributed by atoms with E-state index in [9.17, 15) is 4.79 Å². The Balaban J connectivity index is 1.79. The Morgan fingerprint density at radius 2 is 1.55 bits per heavy atom. The number of halogens is 3. The van der Waals surface area contributed by atoms with Gasteiger partial charge in [0.05, 0.1) is 0 Å². The lowest BCUT2D eigenvalue weighted by Crippen LogP contribution is -2.46. The van der Waals surface area contributed by atoms with Gasteiger partial charge in [0.15, 0.2) is 6.29 Å². The quantitative estimate of drug-likeness (QED) is 0.684. The van der Waals surface area contributed by atoms with Gasteiger partial charge in [-0.2, -0.15) is 0 Å². The second-order valence-corrected chi connectivity index (χ2v) is 6.82. The number of carbonyl (C=O) groups excluding carboxylic acids is 1. The van der Waals surface area contributed by atoms with Crippen molar-refractivity contribution in [2.24, 2.45) is 0 Å². The van der Waals surface area contributed by atoms with Crippen molar-refractivity contribution in [2.45, 2.75) is 25.8 Å². The first kappa shape index (κ1) is 18.0. The van der Waals surface area contributed by atoms with Crippen LogP contribution in [0, 0.1) is 0 Å². The Kier molecular flexibility index (Phi) is 7.45. The highest BCUT2D eigenvalue weighted by Crippen LogP contribution is 2.30. The van der Waals surface area contributed by atoms with Crippen molar-refractivity contribution in [2.75, 3.05) is 32.7 Å². The number of hydrogen-bond acceptors (Lipinski definition) is 3. The average molecular weight is 363 g/mol. The number of nitrogens with zero attached hydrogens (tertiary/aromatic N) is 2. The maximum absolute atomic E-state index is 10.2. The summed E-state index contributed by atoms with van der Waals surface area (Å²) in [5, 5.41) is 1.83. The largest absolute Gasteiger partial charge is 0.301 e. The molecule has 0 unspecified atom stereocenters. The van der Waals surface area contributed by atoms with E-state index in [2.05, 4.69) is 9.80 Å². The minimum atomic E-state index is 0.549. The van der Waals surface area contributed by atoms with E-state index in [1.54, 1.807) is 12.1 Å². The molecule has 6 heteroatoms. The molecule has 0 atom stereocenters. The van der Waals surface area contributed by atoms with Crippen molar-refractivity contribution in [1.82, 2.24) is 9.80 Å². The second kappa shape index (κ2) is 9.09. The van der Waals surface area contributed by atoms with Crippen molar-refractivity contribution >= 4 is 41.1 Å². The molecule has 0 amide bonds. The van der Waals surface area contributed by atoms with E-state index in [-0.39, 0.29) is 0 Å². The summed E-state index contributed by atoms with van der Waals surface area (Å²) in [6.07, 6.45) is 4.48. The SMILES string of the molecule is O=[C]CCCCN1CCN(Cc2c(Cl)cc(Cl)cc2Cl)CC1. The molecule has 0 saturated carbocycles.